The van der Waals surface area contributed by atoms with Crippen molar-refractivity contribution in [1.82, 2.24) is 20.9 Å². The van der Waals surface area contributed by atoms with Crippen LogP contribution in [0.4, 0.5) is 0 Å². The van der Waals surface area contributed by atoms with Gasteiger partial charge in [0.15, 0.2) is 0 Å². The average molecular weight is 775 g/mol. The molecule has 296 valence electrons. The van der Waals surface area contributed by atoms with Gasteiger partial charge in [-0.05, 0) is 141 Å². The lowest BCUT2D eigenvalue weighted by atomic mass is 9.86. The van der Waals surface area contributed by atoms with Crippen LogP contribution in [-0.2, 0) is 51.4 Å². The summed E-state index contributed by atoms with van der Waals surface area (Å²) in [6.07, 6.45) is 3.92. The number of nitrogens with zero attached hydrogens (tertiary/aromatic N) is 1. The fraction of sp³-hybridized carbons (Fsp3) is 0.524. The van der Waals surface area contributed by atoms with Crippen LogP contribution in [0.25, 0.3) is 0 Å². The number of hydrogen-bond donors (Lipinski definition) is 6. The van der Waals surface area contributed by atoms with E-state index in [1.54, 1.807) is 4.90 Å². The third-order valence-electron chi connectivity index (χ3n) is 11.6. The number of carboxylic acids is 3. The molecule has 12 nitrogen and oxygen atoms in total. The third kappa shape index (κ3) is 11.4. The zero-order valence-electron chi connectivity index (χ0n) is 31.3. The summed E-state index contributed by atoms with van der Waals surface area (Å²) in [5.74, 6) is -3.09. The van der Waals surface area contributed by atoms with Crippen molar-refractivity contribution < 1.29 is 39.2 Å². The average Bonchev–Trinajstić information content (AvgIpc) is 4.01. The molecular weight excluding hydrogens is 721 g/mol. The van der Waals surface area contributed by atoms with E-state index >= 15 is 0 Å². The summed E-state index contributed by atoms with van der Waals surface area (Å²) in [5, 5.41) is 41.7. The lowest BCUT2D eigenvalue weighted by Gasteiger charge is -2.24. The Bertz CT molecular complexity index is 1760. The van der Waals surface area contributed by atoms with E-state index in [1.165, 1.54) is 11.3 Å². The maximum absolute atomic E-state index is 14.0. The number of hydrogen-bond acceptors (Lipinski definition) is 9. The van der Waals surface area contributed by atoms with Gasteiger partial charge in [0.1, 0.15) is 12.4 Å². The Kier molecular flexibility index (Phi) is 14.3. The van der Waals surface area contributed by atoms with Crippen molar-refractivity contribution in [3.63, 3.8) is 0 Å². The molecule has 0 saturated carbocycles. The van der Waals surface area contributed by atoms with Crippen molar-refractivity contribution in [2.24, 2.45) is 35.5 Å². The first kappa shape index (κ1) is 40.4. The number of thiophene rings is 1. The molecule has 13 heteroatoms. The highest BCUT2D eigenvalue weighted by molar-refractivity contribution is 7.10. The van der Waals surface area contributed by atoms with Gasteiger partial charge in [0.2, 0.25) is 5.91 Å². The molecule has 1 amide bonds. The van der Waals surface area contributed by atoms with E-state index in [1.807, 2.05) is 60.0 Å². The number of rotatable bonds is 20. The summed E-state index contributed by atoms with van der Waals surface area (Å²) >= 11 is 1.49. The molecule has 3 aromatic rings. The van der Waals surface area contributed by atoms with Crippen LogP contribution in [0, 0.1) is 35.5 Å². The largest absolute Gasteiger partial charge is 0.492 e. The molecule has 3 aliphatic rings. The van der Waals surface area contributed by atoms with Crippen LogP contribution >= 0.6 is 11.3 Å². The fourth-order valence-corrected chi connectivity index (χ4v) is 9.42. The van der Waals surface area contributed by atoms with Gasteiger partial charge < -0.3 is 40.9 Å². The maximum Gasteiger partial charge on any atom is 0.307 e. The molecule has 6 N–H and O–H groups in total. The van der Waals surface area contributed by atoms with E-state index in [9.17, 15) is 34.5 Å². The number of carbonyl (C=O) groups is 4. The second-order valence-corrected chi connectivity index (χ2v) is 16.4. The van der Waals surface area contributed by atoms with Gasteiger partial charge in [-0.1, -0.05) is 36.4 Å². The molecule has 2 aromatic carbocycles. The smallest absolute Gasteiger partial charge is 0.307 e. The van der Waals surface area contributed by atoms with Crippen molar-refractivity contribution >= 4 is 35.2 Å². The number of carbonyl (C=O) groups excluding carboxylic acids is 1. The van der Waals surface area contributed by atoms with Crippen LogP contribution in [-0.4, -0.2) is 96.5 Å². The SMILES string of the molecule is O=C(O)C(Cc1cccc(CN(CCOc2cccc(CC(C(=O)O)C3CCNC3)c2)C(=O)Cc2csc(CC(C(=O)O)C3CCNC3)c2)c1)C1CCNC1. The van der Waals surface area contributed by atoms with Crippen LogP contribution in [0.15, 0.2) is 60.0 Å². The molecule has 0 aliphatic carbocycles. The summed E-state index contributed by atoms with van der Waals surface area (Å²) < 4.78 is 6.18. The Hall–Kier alpha value is -4.30. The molecule has 3 saturated heterocycles. The minimum Gasteiger partial charge on any atom is -0.492 e. The van der Waals surface area contributed by atoms with Crippen molar-refractivity contribution in [3.05, 3.63) is 87.1 Å². The van der Waals surface area contributed by atoms with Gasteiger partial charge in [-0.15, -0.1) is 11.3 Å². The van der Waals surface area contributed by atoms with Gasteiger partial charge >= 0.3 is 17.9 Å². The molecule has 6 unspecified atom stereocenters. The quantitative estimate of drug-likeness (QED) is 0.0980. The lowest BCUT2D eigenvalue weighted by Crippen LogP contribution is -2.35. The standard InChI is InChI=1S/C42H54N4O8S/c47-39(20-30-17-35(55-26-30)21-38(42(52)53)33-9-12-45-24-33)46(25-29-5-1-3-27(15-29)18-36(40(48)49)31-7-10-43-22-31)13-14-54-34-6-2-4-28(16-34)19-37(41(50)51)32-8-11-44-23-32/h1-6,15-17,26,31-33,36-38,43-45H,7-14,18-25H2,(H,48,49)(H,50,51)(H,52,53). The number of nitrogens with one attached hydrogen (secondary N) is 3. The molecule has 3 aliphatic heterocycles. The van der Waals surface area contributed by atoms with Gasteiger partial charge in [0.05, 0.1) is 30.7 Å². The van der Waals surface area contributed by atoms with Crippen molar-refractivity contribution in [3.8, 4) is 5.75 Å². The Labute approximate surface area is 326 Å². The molecule has 3 fully saturated rings. The number of ether oxygens (including phenoxy) is 1. The van der Waals surface area contributed by atoms with Crippen molar-refractivity contribution in [1.29, 1.82) is 0 Å². The molecule has 1 aromatic heterocycles. The first-order chi connectivity index (χ1) is 26.6. The number of amides is 1. The predicted octanol–water partition coefficient (Wildman–Crippen LogP) is 3.96. The van der Waals surface area contributed by atoms with Crippen molar-refractivity contribution in [2.45, 2.75) is 51.5 Å². The Morgan fingerprint density at radius 1 is 0.691 bits per heavy atom. The van der Waals surface area contributed by atoms with Crippen LogP contribution in [0.1, 0.15) is 46.4 Å². The normalized spacial score (nSPS) is 21.2. The van der Waals surface area contributed by atoms with Crippen LogP contribution in [0.3, 0.4) is 0 Å². The van der Waals surface area contributed by atoms with E-state index in [4.69, 9.17) is 4.74 Å². The highest BCUT2D eigenvalue weighted by atomic mass is 32.1. The first-order valence-corrected chi connectivity index (χ1v) is 20.4. The summed E-state index contributed by atoms with van der Waals surface area (Å²) in [4.78, 5) is 53.2. The lowest BCUT2D eigenvalue weighted by molar-refractivity contribution is -0.144. The molecule has 6 rings (SSSR count). The molecule has 6 atom stereocenters. The topological polar surface area (TPSA) is 178 Å². The maximum atomic E-state index is 14.0. The molecular formula is C42H54N4O8S. The second kappa shape index (κ2) is 19.5. The number of aliphatic carboxylic acids is 3. The van der Waals surface area contributed by atoms with Gasteiger partial charge in [-0.2, -0.15) is 0 Å². The minimum absolute atomic E-state index is 0.0701. The fourth-order valence-electron chi connectivity index (χ4n) is 8.47. The summed E-state index contributed by atoms with van der Waals surface area (Å²) in [5.41, 5.74) is 3.53. The molecule has 4 heterocycles. The summed E-state index contributed by atoms with van der Waals surface area (Å²) in [6.45, 7) is 5.38. The predicted molar refractivity (Wildman–Crippen MR) is 209 cm³/mol. The minimum atomic E-state index is -0.795. The van der Waals surface area contributed by atoms with E-state index in [0.29, 0.717) is 51.2 Å². The van der Waals surface area contributed by atoms with Gasteiger partial charge in [0, 0.05) is 11.4 Å². The first-order valence-electron chi connectivity index (χ1n) is 19.6. The van der Waals surface area contributed by atoms with Crippen LogP contribution in [0.2, 0.25) is 0 Å². The van der Waals surface area contributed by atoms with E-state index in [2.05, 4.69) is 16.0 Å². The Morgan fingerprint density at radius 2 is 1.22 bits per heavy atom. The monoisotopic (exact) mass is 774 g/mol. The van der Waals surface area contributed by atoms with E-state index < -0.39 is 35.7 Å². The van der Waals surface area contributed by atoms with Gasteiger partial charge in [-0.25, -0.2) is 0 Å². The van der Waals surface area contributed by atoms with Crippen molar-refractivity contribution in [2.75, 3.05) is 52.4 Å². The van der Waals surface area contributed by atoms with Crippen LogP contribution in [0.5, 0.6) is 5.75 Å². The Morgan fingerprint density at radius 3 is 1.76 bits per heavy atom. The second-order valence-electron chi connectivity index (χ2n) is 15.4. The molecule has 0 bridgehead atoms. The van der Waals surface area contributed by atoms with E-state index in [0.717, 1.165) is 66.0 Å². The summed E-state index contributed by atoms with van der Waals surface area (Å²) in [7, 11) is 0. The van der Waals surface area contributed by atoms with Crippen LogP contribution < -0.4 is 20.7 Å². The van der Waals surface area contributed by atoms with E-state index in [-0.39, 0.29) is 43.2 Å². The zero-order valence-corrected chi connectivity index (χ0v) is 32.1. The van der Waals surface area contributed by atoms with Gasteiger partial charge in [-0.3, -0.25) is 19.2 Å². The van der Waals surface area contributed by atoms with Gasteiger partial charge in [0.25, 0.3) is 0 Å². The number of carboxylic acid groups (broad SMARTS) is 3. The highest BCUT2D eigenvalue weighted by Gasteiger charge is 2.33. The summed E-state index contributed by atoms with van der Waals surface area (Å²) in [6, 6.07) is 17.3. The molecule has 55 heavy (non-hydrogen) atoms. The highest BCUT2D eigenvalue weighted by Crippen LogP contribution is 2.29. The molecule has 0 spiro atoms. The zero-order chi connectivity index (χ0) is 38.7. The third-order valence-corrected chi connectivity index (χ3v) is 12.6. The Balaban J connectivity index is 1.13. The molecule has 0 radical (unpaired) electrons. The number of benzene rings is 2.